The lowest BCUT2D eigenvalue weighted by Crippen LogP contribution is -2.43. The minimum absolute atomic E-state index is 0.207. The van der Waals surface area contributed by atoms with Gasteiger partial charge in [-0.2, -0.15) is 10.2 Å². The van der Waals surface area contributed by atoms with Crippen LogP contribution in [0.2, 0.25) is 0 Å². The Bertz CT molecular complexity index is 468. The molecule has 0 saturated carbocycles. The molecule has 0 amide bonds. The van der Waals surface area contributed by atoms with Crippen molar-refractivity contribution in [3.8, 4) is 0 Å². The van der Waals surface area contributed by atoms with Crippen molar-refractivity contribution >= 4 is 29.3 Å². The molecule has 0 N–H and O–H groups in total. The van der Waals surface area contributed by atoms with Gasteiger partial charge in [0.05, 0.1) is 13.2 Å². The summed E-state index contributed by atoms with van der Waals surface area (Å²) in [5.41, 5.74) is 0. The molecule has 1 aliphatic heterocycles. The third kappa shape index (κ3) is 2.24. The van der Waals surface area contributed by atoms with E-state index in [0.29, 0.717) is 0 Å². The first kappa shape index (κ1) is 13.4. The highest BCUT2D eigenvalue weighted by Crippen LogP contribution is 2.45. The monoisotopic (exact) mass is 284 g/mol. The summed E-state index contributed by atoms with van der Waals surface area (Å²) in [5.74, 6) is -0.468. The maximum Gasteiger partial charge on any atom is 0.348 e. The lowest BCUT2D eigenvalue weighted by Gasteiger charge is -2.25. The van der Waals surface area contributed by atoms with E-state index >= 15 is 0 Å². The largest absolute Gasteiger partial charge is 0.466 e. The van der Waals surface area contributed by atoms with Gasteiger partial charge in [-0.15, -0.1) is 11.6 Å². The number of hydrogen-bond donors (Lipinski definition) is 0. The Morgan fingerprint density at radius 1 is 1.44 bits per heavy atom. The fourth-order valence-electron chi connectivity index (χ4n) is 1.70. The van der Waals surface area contributed by atoms with E-state index < -0.39 is 16.2 Å². The average Bonchev–Trinajstić information content (AvgIpc) is 2.68. The summed E-state index contributed by atoms with van der Waals surface area (Å²) >= 11 is 7.58. The van der Waals surface area contributed by atoms with E-state index in [0.717, 1.165) is 4.90 Å². The van der Waals surface area contributed by atoms with Crippen LogP contribution in [0.3, 0.4) is 0 Å². The molecule has 4 nitrogen and oxygen atoms in total. The van der Waals surface area contributed by atoms with Crippen LogP contribution in [0.15, 0.2) is 45.5 Å². The van der Waals surface area contributed by atoms with Crippen LogP contribution in [0.4, 0.5) is 0 Å². The number of benzene rings is 1. The Hall–Kier alpha value is -1.07. The van der Waals surface area contributed by atoms with Gasteiger partial charge < -0.3 is 4.74 Å². The standard InChI is InChI=1S/C12H13ClN2O2S/c1-8-10(13)12(15-14-8,11(16)17-2)18-9-6-4-3-5-7-9/h3-8,10H,1-2H3/t8-,10-,12+/m0/s1. The summed E-state index contributed by atoms with van der Waals surface area (Å²) in [6.07, 6.45) is 0. The molecular formula is C12H13ClN2O2S. The number of carbonyl (C=O) groups is 1. The van der Waals surface area contributed by atoms with E-state index in [2.05, 4.69) is 10.2 Å². The number of carbonyl (C=O) groups excluding carboxylic acids is 1. The summed E-state index contributed by atoms with van der Waals surface area (Å²) in [6.45, 7) is 1.83. The second-order valence-electron chi connectivity index (χ2n) is 3.96. The van der Waals surface area contributed by atoms with E-state index in [9.17, 15) is 4.79 Å². The zero-order chi connectivity index (χ0) is 13.2. The molecule has 96 valence electrons. The van der Waals surface area contributed by atoms with Gasteiger partial charge in [0.25, 0.3) is 0 Å². The number of rotatable bonds is 3. The third-order valence-electron chi connectivity index (χ3n) is 2.68. The van der Waals surface area contributed by atoms with Gasteiger partial charge in [-0.05, 0) is 19.1 Å². The number of alkyl halides is 1. The zero-order valence-electron chi connectivity index (χ0n) is 10.0. The predicted octanol–water partition coefficient (Wildman–Crippen LogP) is 3.11. The van der Waals surface area contributed by atoms with Crippen molar-refractivity contribution in [3.05, 3.63) is 30.3 Å². The van der Waals surface area contributed by atoms with Crippen LogP contribution < -0.4 is 0 Å². The maximum atomic E-state index is 12.0. The Morgan fingerprint density at radius 2 is 2.11 bits per heavy atom. The van der Waals surface area contributed by atoms with Gasteiger partial charge in [0, 0.05) is 4.90 Å². The molecule has 1 heterocycles. The first-order valence-corrected chi connectivity index (χ1v) is 6.74. The molecular weight excluding hydrogens is 272 g/mol. The molecule has 6 heteroatoms. The van der Waals surface area contributed by atoms with Crippen LogP contribution in [0.5, 0.6) is 0 Å². The zero-order valence-corrected chi connectivity index (χ0v) is 11.6. The van der Waals surface area contributed by atoms with Gasteiger partial charge >= 0.3 is 5.97 Å². The van der Waals surface area contributed by atoms with E-state index in [1.54, 1.807) is 0 Å². The van der Waals surface area contributed by atoms with Crippen LogP contribution in [-0.2, 0) is 9.53 Å². The third-order valence-corrected chi connectivity index (χ3v) is 4.81. The normalized spacial score (nSPS) is 30.4. The highest BCUT2D eigenvalue weighted by atomic mass is 35.5. The topological polar surface area (TPSA) is 51.0 Å². The molecule has 0 radical (unpaired) electrons. The van der Waals surface area contributed by atoms with Crippen LogP contribution in [-0.4, -0.2) is 29.4 Å². The molecule has 1 aromatic rings. The van der Waals surface area contributed by atoms with Gasteiger partial charge in [0.15, 0.2) is 0 Å². The summed E-state index contributed by atoms with van der Waals surface area (Å²) in [6, 6.07) is 9.29. The van der Waals surface area contributed by atoms with Crippen LogP contribution >= 0.6 is 23.4 Å². The summed E-state index contributed by atoms with van der Waals surface area (Å²) < 4.78 is 4.83. The summed E-state index contributed by atoms with van der Waals surface area (Å²) in [5, 5.41) is 7.57. The van der Waals surface area contributed by atoms with Crippen molar-refractivity contribution in [2.24, 2.45) is 10.2 Å². The summed E-state index contributed by atoms with van der Waals surface area (Å²) in [4.78, 5) is 11.7. The van der Waals surface area contributed by atoms with Crippen molar-refractivity contribution in [1.29, 1.82) is 0 Å². The number of azo groups is 1. The number of methoxy groups -OCH3 is 1. The fraction of sp³-hybridized carbons (Fsp3) is 0.417. The lowest BCUT2D eigenvalue weighted by atomic mass is 10.1. The molecule has 1 aliphatic rings. The quantitative estimate of drug-likeness (QED) is 0.633. The highest BCUT2D eigenvalue weighted by molar-refractivity contribution is 8.01. The molecule has 3 atom stereocenters. The molecule has 0 unspecified atom stereocenters. The molecule has 0 aromatic heterocycles. The molecule has 18 heavy (non-hydrogen) atoms. The fourth-order valence-corrected chi connectivity index (χ4v) is 3.24. The molecule has 0 fully saturated rings. The first-order valence-electron chi connectivity index (χ1n) is 5.48. The lowest BCUT2D eigenvalue weighted by molar-refractivity contribution is -0.143. The van der Waals surface area contributed by atoms with Crippen molar-refractivity contribution in [1.82, 2.24) is 0 Å². The van der Waals surface area contributed by atoms with Gasteiger partial charge in [-0.3, -0.25) is 0 Å². The van der Waals surface area contributed by atoms with Gasteiger partial charge in [-0.25, -0.2) is 4.79 Å². The Balaban J connectivity index is 2.33. The minimum Gasteiger partial charge on any atom is -0.466 e. The average molecular weight is 285 g/mol. The minimum atomic E-state index is -1.18. The van der Waals surface area contributed by atoms with Crippen molar-refractivity contribution in [3.63, 3.8) is 0 Å². The Kier molecular flexibility index (Phi) is 3.92. The Morgan fingerprint density at radius 3 is 2.61 bits per heavy atom. The SMILES string of the molecule is COC(=O)[C@@]1(Sc2ccccc2)N=N[C@@H](C)[C@@H]1Cl. The van der Waals surface area contributed by atoms with Gasteiger partial charge in [0.1, 0.15) is 5.38 Å². The van der Waals surface area contributed by atoms with Crippen molar-refractivity contribution in [2.75, 3.05) is 7.11 Å². The molecule has 1 aromatic carbocycles. The van der Waals surface area contributed by atoms with Crippen LogP contribution in [0, 0.1) is 0 Å². The predicted molar refractivity (Wildman–Crippen MR) is 71.0 cm³/mol. The number of halogens is 1. The van der Waals surface area contributed by atoms with Crippen molar-refractivity contribution in [2.45, 2.75) is 28.1 Å². The van der Waals surface area contributed by atoms with E-state index in [1.165, 1.54) is 18.9 Å². The van der Waals surface area contributed by atoms with E-state index in [1.807, 2.05) is 37.3 Å². The number of esters is 1. The molecule has 0 aliphatic carbocycles. The number of nitrogens with zero attached hydrogens (tertiary/aromatic N) is 2. The second-order valence-corrected chi connectivity index (χ2v) is 5.73. The van der Waals surface area contributed by atoms with Gasteiger partial charge in [0.2, 0.25) is 4.87 Å². The summed E-state index contributed by atoms with van der Waals surface area (Å²) in [7, 11) is 1.33. The van der Waals surface area contributed by atoms with E-state index in [-0.39, 0.29) is 6.04 Å². The van der Waals surface area contributed by atoms with E-state index in [4.69, 9.17) is 16.3 Å². The van der Waals surface area contributed by atoms with Crippen LogP contribution in [0.25, 0.3) is 0 Å². The molecule has 0 spiro atoms. The van der Waals surface area contributed by atoms with Crippen LogP contribution in [0.1, 0.15) is 6.92 Å². The first-order chi connectivity index (χ1) is 8.60. The number of thioether (sulfide) groups is 1. The second kappa shape index (κ2) is 5.28. The van der Waals surface area contributed by atoms with Gasteiger partial charge in [-0.1, -0.05) is 30.0 Å². The maximum absolute atomic E-state index is 12.0. The molecule has 2 rings (SSSR count). The van der Waals surface area contributed by atoms with Crippen molar-refractivity contribution < 1.29 is 9.53 Å². The molecule has 0 saturated heterocycles. The smallest absolute Gasteiger partial charge is 0.348 e. The molecule has 0 bridgehead atoms. The highest BCUT2D eigenvalue weighted by Gasteiger charge is 2.54. The number of ether oxygens (including phenoxy) is 1. The Labute approximate surface area is 115 Å². The number of hydrogen-bond acceptors (Lipinski definition) is 5.